The van der Waals surface area contributed by atoms with Crippen molar-refractivity contribution in [1.82, 2.24) is 19.5 Å². The van der Waals surface area contributed by atoms with E-state index in [1.807, 2.05) is 18.3 Å². The van der Waals surface area contributed by atoms with Crippen LogP contribution in [0.4, 0.5) is 0 Å². The summed E-state index contributed by atoms with van der Waals surface area (Å²) in [6, 6.07) is 3.69. The second kappa shape index (κ2) is 4.60. The maximum absolute atomic E-state index is 6.06. The Morgan fingerprint density at radius 3 is 2.94 bits per heavy atom. The summed E-state index contributed by atoms with van der Waals surface area (Å²) in [6.45, 7) is 4.19. The highest BCUT2D eigenvalue weighted by molar-refractivity contribution is 6.33. The molecule has 1 aliphatic heterocycles. The molecule has 1 fully saturated rings. The predicted octanol–water partition coefficient (Wildman–Crippen LogP) is 1.21. The van der Waals surface area contributed by atoms with E-state index < -0.39 is 0 Å². The molecule has 2 aromatic rings. The van der Waals surface area contributed by atoms with Crippen LogP contribution in [0, 0.1) is 0 Å². The molecule has 17 heavy (non-hydrogen) atoms. The highest BCUT2D eigenvalue weighted by Gasteiger charge is 2.14. The lowest BCUT2D eigenvalue weighted by Crippen LogP contribution is -2.35. The number of morpholine rings is 1. The summed E-state index contributed by atoms with van der Waals surface area (Å²) in [5.74, 6) is 0.806. The van der Waals surface area contributed by atoms with Gasteiger partial charge in [-0.1, -0.05) is 11.6 Å². The number of ether oxygens (including phenoxy) is 1. The van der Waals surface area contributed by atoms with E-state index in [-0.39, 0.29) is 0 Å². The lowest BCUT2D eigenvalue weighted by atomic mass is 10.4. The number of fused-ring (bicyclic) bond motifs is 1. The van der Waals surface area contributed by atoms with Gasteiger partial charge in [0, 0.05) is 19.3 Å². The van der Waals surface area contributed by atoms with E-state index in [9.17, 15) is 0 Å². The van der Waals surface area contributed by atoms with Gasteiger partial charge < -0.3 is 4.74 Å². The zero-order valence-corrected chi connectivity index (χ0v) is 10.1. The fraction of sp³-hybridized carbons (Fsp3) is 0.455. The fourth-order valence-electron chi connectivity index (χ4n) is 1.94. The lowest BCUT2D eigenvalue weighted by Gasteiger charge is -2.25. The summed E-state index contributed by atoms with van der Waals surface area (Å²) in [5, 5.41) is 5.04. The summed E-state index contributed by atoms with van der Waals surface area (Å²) >= 11 is 6.06. The molecular formula is C11H13ClN4O. The Morgan fingerprint density at radius 1 is 1.35 bits per heavy atom. The SMILES string of the molecule is Clc1cccn2nc(CN3CCOCC3)nc12. The number of nitrogens with zero attached hydrogens (tertiary/aromatic N) is 4. The standard InChI is InChI=1S/C11H13ClN4O/c12-9-2-1-3-16-11(9)13-10(14-16)8-15-4-6-17-7-5-15/h1-3H,4-8H2. The third-order valence-corrected chi connectivity index (χ3v) is 3.12. The van der Waals surface area contributed by atoms with Crippen LogP contribution in [0.15, 0.2) is 18.3 Å². The van der Waals surface area contributed by atoms with E-state index in [2.05, 4.69) is 15.0 Å². The highest BCUT2D eigenvalue weighted by Crippen LogP contribution is 2.15. The Bertz CT molecular complexity index is 521. The minimum absolute atomic E-state index is 0.633. The molecule has 2 aromatic heterocycles. The monoisotopic (exact) mass is 252 g/mol. The van der Waals surface area contributed by atoms with Gasteiger partial charge in [0.15, 0.2) is 11.5 Å². The largest absolute Gasteiger partial charge is 0.379 e. The van der Waals surface area contributed by atoms with Crippen molar-refractivity contribution in [3.05, 3.63) is 29.2 Å². The smallest absolute Gasteiger partial charge is 0.174 e. The Balaban J connectivity index is 1.83. The molecule has 0 unspecified atom stereocenters. The minimum atomic E-state index is 0.633. The summed E-state index contributed by atoms with van der Waals surface area (Å²) in [6.07, 6.45) is 1.86. The van der Waals surface area contributed by atoms with Crippen LogP contribution >= 0.6 is 11.6 Å². The average molecular weight is 253 g/mol. The van der Waals surface area contributed by atoms with E-state index >= 15 is 0 Å². The molecule has 3 rings (SSSR count). The first-order valence-electron chi connectivity index (χ1n) is 5.63. The van der Waals surface area contributed by atoms with Gasteiger partial charge in [-0.15, -0.1) is 5.10 Å². The molecule has 5 nitrogen and oxygen atoms in total. The van der Waals surface area contributed by atoms with Crippen molar-refractivity contribution in [2.45, 2.75) is 6.54 Å². The molecule has 0 aliphatic carbocycles. The van der Waals surface area contributed by atoms with Crippen molar-refractivity contribution >= 4 is 17.2 Å². The maximum Gasteiger partial charge on any atom is 0.174 e. The van der Waals surface area contributed by atoms with E-state index in [0.29, 0.717) is 5.02 Å². The molecule has 3 heterocycles. The number of aromatic nitrogens is 3. The molecule has 6 heteroatoms. The topological polar surface area (TPSA) is 42.7 Å². The van der Waals surface area contributed by atoms with Gasteiger partial charge in [-0.3, -0.25) is 4.90 Å². The van der Waals surface area contributed by atoms with Crippen molar-refractivity contribution in [2.24, 2.45) is 0 Å². The second-order valence-corrected chi connectivity index (χ2v) is 4.45. The molecule has 1 aliphatic rings. The van der Waals surface area contributed by atoms with Crippen LogP contribution in [0.1, 0.15) is 5.82 Å². The van der Waals surface area contributed by atoms with Gasteiger partial charge in [0.05, 0.1) is 24.8 Å². The first-order chi connectivity index (χ1) is 8.33. The van der Waals surface area contributed by atoms with Crippen LogP contribution in [-0.2, 0) is 11.3 Å². The molecule has 0 spiro atoms. The molecule has 0 atom stereocenters. The van der Waals surface area contributed by atoms with Gasteiger partial charge in [0.2, 0.25) is 0 Å². The van der Waals surface area contributed by atoms with Crippen molar-refractivity contribution in [2.75, 3.05) is 26.3 Å². The summed E-state index contributed by atoms with van der Waals surface area (Å²) in [7, 11) is 0. The first kappa shape index (κ1) is 11.0. The lowest BCUT2D eigenvalue weighted by molar-refractivity contribution is 0.0331. The van der Waals surface area contributed by atoms with Gasteiger partial charge >= 0.3 is 0 Å². The summed E-state index contributed by atoms with van der Waals surface area (Å²) < 4.78 is 7.03. The predicted molar refractivity (Wildman–Crippen MR) is 64.1 cm³/mol. The number of pyridine rings is 1. The van der Waals surface area contributed by atoms with Crippen LogP contribution < -0.4 is 0 Å². The third kappa shape index (κ3) is 2.26. The Kier molecular flexibility index (Phi) is 2.96. The molecule has 0 amide bonds. The van der Waals surface area contributed by atoms with Gasteiger partial charge in [-0.25, -0.2) is 9.50 Å². The van der Waals surface area contributed by atoms with Gasteiger partial charge in [0.1, 0.15) is 0 Å². The number of hydrogen-bond acceptors (Lipinski definition) is 4. The number of hydrogen-bond donors (Lipinski definition) is 0. The van der Waals surface area contributed by atoms with Crippen LogP contribution in [0.2, 0.25) is 5.02 Å². The quantitative estimate of drug-likeness (QED) is 0.806. The normalized spacial score (nSPS) is 17.7. The molecule has 1 saturated heterocycles. The first-order valence-corrected chi connectivity index (χ1v) is 6.00. The average Bonchev–Trinajstić information content (AvgIpc) is 2.74. The van der Waals surface area contributed by atoms with Crippen molar-refractivity contribution in [3.63, 3.8) is 0 Å². The zero-order valence-electron chi connectivity index (χ0n) is 9.34. The van der Waals surface area contributed by atoms with E-state index in [0.717, 1.165) is 44.3 Å². The molecular weight excluding hydrogens is 240 g/mol. The van der Waals surface area contributed by atoms with Crippen molar-refractivity contribution < 1.29 is 4.74 Å². The van der Waals surface area contributed by atoms with Crippen LogP contribution in [0.5, 0.6) is 0 Å². The molecule has 0 radical (unpaired) electrons. The Hall–Kier alpha value is -1.17. The highest BCUT2D eigenvalue weighted by atomic mass is 35.5. The van der Waals surface area contributed by atoms with Crippen LogP contribution in [0.25, 0.3) is 5.65 Å². The van der Waals surface area contributed by atoms with E-state index in [1.54, 1.807) is 4.52 Å². The minimum Gasteiger partial charge on any atom is -0.379 e. The van der Waals surface area contributed by atoms with E-state index in [4.69, 9.17) is 16.3 Å². The fourth-order valence-corrected chi connectivity index (χ4v) is 2.15. The maximum atomic E-state index is 6.06. The van der Waals surface area contributed by atoms with Crippen molar-refractivity contribution in [1.29, 1.82) is 0 Å². The van der Waals surface area contributed by atoms with E-state index in [1.165, 1.54) is 0 Å². The molecule has 0 aromatic carbocycles. The Morgan fingerprint density at radius 2 is 2.18 bits per heavy atom. The Labute approximate surface area is 104 Å². The molecule has 0 saturated carbocycles. The summed E-state index contributed by atoms with van der Waals surface area (Å²) in [4.78, 5) is 6.73. The summed E-state index contributed by atoms with van der Waals surface area (Å²) in [5.41, 5.74) is 0.720. The molecule has 0 bridgehead atoms. The number of rotatable bonds is 2. The van der Waals surface area contributed by atoms with Gasteiger partial charge in [0.25, 0.3) is 0 Å². The van der Waals surface area contributed by atoms with Crippen LogP contribution in [0.3, 0.4) is 0 Å². The number of halogens is 1. The van der Waals surface area contributed by atoms with Gasteiger partial charge in [-0.2, -0.15) is 0 Å². The van der Waals surface area contributed by atoms with Gasteiger partial charge in [-0.05, 0) is 12.1 Å². The third-order valence-electron chi connectivity index (χ3n) is 2.83. The van der Waals surface area contributed by atoms with Crippen molar-refractivity contribution in [3.8, 4) is 0 Å². The molecule has 90 valence electrons. The van der Waals surface area contributed by atoms with Crippen LogP contribution in [-0.4, -0.2) is 45.8 Å². The molecule has 0 N–H and O–H groups in total. The zero-order chi connectivity index (χ0) is 11.7. The second-order valence-electron chi connectivity index (χ2n) is 4.04.